The van der Waals surface area contributed by atoms with Gasteiger partial charge in [0.2, 0.25) is 0 Å². The van der Waals surface area contributed by atoms with E-state index in [1.54, 1.807) is 6.92 Å². The van der Waals surface area contributed by atoms with Crippen LogP contribution in [0.5, 0.6) is 5.75 Å². The van der Waals surface area contributed by atoms with Gasteiger partial charge >= 0.3 is 0 Å². The summed E-state index contributed by atoms with van der Waals surface area (Å²) in [4.78, 5) is -0.465. The molecule has 0 saturated heterocycles. The summed E-state index contributed by atoms with van der Waals surface area (Å²) in [5, 5.41) is 23.3. The molecule has 0 aliphatic heterocycles. The minimum absolute atomic E-state index is 0.0330. The van der Waals surface area contributed by atoms with Crippen molar-refractivity contribution in [2.75, 3.05) is 4.72 Å². The standard InChI is InChI=1S/C21H16ClNO9S3/c1-11-14-6-5-13(9-16(14)18(22)10-19(11)24)34(26,27)23-12-7-17-15(21(8-12)35(28,29)30)3-2-4-20(17)33-32-31-25/h2-10,23-25H,1H3,(H,28,29,30). The molecule has 0 unspecified atom stereocenters. The lowest BCUT2D eigenvalue weighted by atomic mass is 10.0. The molecule has 4 N–H and O–H groups in total. The van der Waals surface area contributed by atoms with Crippen LogP contribution in [0.3, 0.4) is 0 Å². The predicted octanol–water partition coefficient (Wildman–Crippen LogP) is 5.14. The molecular formula is C21H16ClNO9S3. The average Bonchev–Trinajstić information content (AvgIpc) is 2.79. The van der Waals surface area contributed by atoms with Gasteiger partial charge < -0.3 is 5.11 Å². The molecule has 184 valence electrons. The van der Waals surface area contributed by atoms with Crippen LogP contribution in [0, 0.1) is 6.92 Å². The van der Waals surface area contributed by atoms with Gasteiger partial charge in [-0.25, -0.2) is 13.7 Å². The van der Waals surface area contributed by atoms with Gasteiger partial charge in [-0.1, -0.05) is 34.8 Å². The first-order valence-corrected chi connectivity index (χ1v) is 13.6. The number of rotatable bonds is 7. The molecule has 4 aromatic rings. The molecule has 10 nitrogen and oxygen atoms in total. The molecule has 0 radical (unpaired) electrons. The van der Waals surface area contributed by atoms with Crippen molar-refractivity contribution in [2.45, 2.75) is 21.6 Å². The van der Waals surface area contributed by atoms with E-state index in [1.807, 2.05) is 0 Å². The Kier molecular flexibility index (Phi) is 6.87. The van der Waals surface area contributed by atoms with E-state index in [-0.39, 0.29) is 37.0 Å². The number of phenols is 1. The van der Waals surface area contributed by atoms with E-state index in [0.717, 1.165) is 6.07 Å². The SMILES string of the molecule is Cc1c(O)cc(Cl)c2cc(S(=O)(=O)Nc3cc(S(=O)(=O)O)c4cccc(SOOO)c4c3)ccc12. The molecule has 4 rings (SSSR count). The lowest BCUT2D eigenvalue weighted by molar-refractivity contribution is -0.432. The maximum Gasteiger partial charge on any atom is 0.295 e. The van der Waals surface area contributed by atoms with Crippen molar-refractivity contribution in [3.63, 3.8) is 0 Å². The Morgan fingerprint density at radius 2 is 1.69 bits per heavy atom. The van der Waals surface area contributed by atoms with Crippen LogP contribution < -0.4 is 4.72 Å². The van der Waals surface area contributed by atoms with Gasteiger partial charge in [0, 0.05) is 21.1 Å². The molecule has 35 heavy (non-hydrogen) atoms. The largest absolute Gasteiger partial charge is 0.508 e. The van der Waals surface area contributed by atoms with E-state index in [9.17, 15) is 26.5 Å². The molecule has 0 fully saturated rings. The average molecular weight is 558 g/mol. The van der Waals surface area contributed by atoms with Crippen molar-refractivity contribution in [1.29, 1.82) is 0 Å². The van der Waals surface area contributed by atoms with Crippen LogP contribution in [0.4, 0.5) is 5.69 Å². The molecule has 4 aromatic carbocycles. The van der Waals surface area contributed by atoms with Gasteiger partial charge in [0.1, 0.15) is 10.6 Å². The summed E-state index contributed by atoms with van der Waals surface area (Å²) in [7, 11) is -9.01. The number of aryl methyl sites for hydroxylation is 1. The van der Waals surface area contributed by atoms with Gasteiger partial charge in [-0.15, -0.1) is 4.33 Å². The first-order valence-electron chi connectivity index (χ1n) is 9.56. The van der Waals surface area contributed by atoms with Crippen LogP contribution in [0.2, 0.25) is 5.02 Å². The maximum absolute atomic E-state index is 13.2. The molecule has 0 aliphatic carbocycles. The smallest absolute Gasteiger partial charge is 0.295 e. The minimum Gasteiger partial charge on any atom is -0.508 e. The number of nitrogens with one attached hydrogen (secondary N) is 1. The number of phenolic OH excluding ortho intramolecular Hbond substituents is 1. The highest BCUT2D eigenvalue weighted by molar-refractivity contribution is 7.94. The highest BCUT2D eigenvalue weighted by Crippen LogP contribution is 2.37. The molecule has 0 heterocycles. The van der Waals surface area contributed by atoms with Crippen LogP contribution >= 0.6 is 23.6 Å². The number of sulfonamides is 1. The zero-order valence-electron chi connectivity index (χ0n) is 17.6. The lowest BCUT2D eigenvalue weighted by Crippen LogP contribution is -2.13. The second-order valence-corrected chi connectivity index (χ2v) is 11.6. The van der Waals surface area contributed by atoms with E-state index >= 15 is 0 Å². The van der Waals surface area contributed by atoms with E-state index in [4.69, 9.17) is 16.9 Å². The lowest BCUT2D eigenvalue weighted by Gasteiger charge is -2.14. The van der Waals surface area contributed by atoms with Gasteiger partial charge in [-0.3, -0.25) is 9.27 Å². The molecule has 0 saturated carbocycles. The van der Waals surface area contributed by atoms with Crippen molar-refractivity contribution in [1.82, 2.24) is 0 Å². The molecule has 0 atom stereocenters. The second kappa shape index (κ2) is 9.44. The Bertz CT molecular complexity index is 1690. The summed E-state index contributed by atoms with van der Waals surface area (Å²) >= 11 is 6.74. The molecule has 0 spiro atoms. The Labute approximate surface area is 208 Å². The van der Waals surface area contributed by atoms with Crippen LogP contribution in [-0.2, 0) is 29.5 Å². The highest BCUT2D eigenvalue weighted by atomic mass is 35.5. The summed E-state index contributed by atoms with van der Waals surface area (Å²) in [5.41, 5.74) is 0.351. The summed E-state index contributed by atoms with van der Waals surface area (Å²) in [6.07, 6.45) is 0. The molecule has 0 bridgehead atoms. The quantitative estimate of drug-likeness (QED) is 0.104. The fourth-order valence-corrected chi connectivity index (χ4v) is 6.15. The van der Waals surface area contributed by atoms with Crippen molar-refractivity contribution < 1.29 is 41.1 Å². The van der Waals surface area contributed by atoms with Crippen molar-refractivity contribution in [3.8, 4) is 5.75 Å². The van der Waals surface area contributed by atoms with Gasteiger partial charge in [-0.05, 0) is 54.3 Å². The first-order chi connectivity index (χ1) is 16.4. The highest BCUT2D eigenvalue weighted by Gasteiger charge is 2.22. The fraction of sp³-hybridized carbons (Fsp3) is 0.0476. The van der Waals surface area contributed by atoms with Gasteiger partial charge in [-0.2, -0.15) is 8.42 Å². The fourth-order valence-electron chi connectivity index (χ4n) is 3.59. The summed E-state index contributed by atoms with van der Waals surface area (Å²) in [5.74, 6) is -0.0330. The van der Waals surface area contributed by atoms with Crippen LogP contribution in [0.1, 0.15) is 5.56 Å². The Hall–Kier alpha value is -2.62. The second-order valence-electron chi connectivity index (χ2n) is 7.34. The molecular weight excluding hydrogens is 542 g/mol. The zero-order chi connectivity index (χ0) is 25.5. The van der Waals surface area contributed by atoms with Gasteiger partial charge in [0.15, 0.2) is 0 Å². The van der Waals surface area contributed by atoms with Crippen LogP contribution in [0.15, 0.2) is 69.3 Å². The summed E-state index contributed by atoms with van der Waals surface area (Å²) < 4.78 is 66.9. The number of aromatic hydroxyl groups is 1. The Balaban J connectivity index is 1.85. The number of hydrogen-bond acceptors (Lipinski definition) is 9. The molecule has 0 amide bonds. The predicted molar refractivity (Wildman–Crippen MR) is 131 cm³/mol. The molecule has 14 heteroatoms. The van der Waals surface area contributed by atoms with Gasteiger partial charge in [0.05, 0.1) is 27.6 Å². The van der Waals surface area contributed by atoms with E-state index in [2.05, 4.69) is 14.1 Å². The summed E-state index contributed by atoms with van der Waals surface area (Å²) in [6.45, 7) is 1.66. The number of benzene rings is 4. The van der Waals surface area contributed by atoms with Crippen molar-refractivity contribution in [3.05, 3.63) is 65.2 Å². The van der Waals surface area contributed by atoms with E-state index in [0.29, 0.717) is 28.4 Å². The van der Waals surface area contributed by atoms with E-state index in [1.165, 1.54) is 48.5 Å². The van der Waals surface area contributed by atoms with Crippen LogP contribution in [0.25, 0.3) is 21.5 Å². The maximum atomic E-state index is 13.2. The van der Waals surface area contributed by atoms with Crippen molar-refractivity contribution >= 4 is 71.0 Å². The Morgan fingerprint density at radius 1 is 0.943 bits per heavy atom. The zero-order valence-corrected chi connectivity index (χ0v) is 20.8. The third-order valence-corrected chi connectivity index (χ3v) is 8.46. The normalized spacial score (nSPS) is 12.3. The van der Waals surface area contributed by atoms with Crippen LogP contribution in [-0.4, -0.2) is 31.8 Å². The van der Waals surface area contributed by atoms with Crippen molar-refractivity contribution in [2.24, 2.45) is 0 Å². The topological polar surface area (TPSA) is 159 Å². The monoisotopic (exact) mass is 557 g/mol. The number of hydrogen-bond donors (Lipinski definition) is 4. The Morgan fingerprint density at radius 3 is 2.37 bits per heavy atom. The van der Waals surface area contributed by atoms with Gasteiger partial charge in [0.25, 0.3) is 20.1 Å². The third-order valence-electron chi connectivity index (χ3n) is 5.21. The third kappa shape index (κ3) is 5.03. The number of fused-ring (bicyclic) bond motifs is 2. The summed E-state index contributed by atoms with van der Waals surface area (Å²) in [6, 6.07) is 12.1. The number of halogens is 1. The van der Waals surface area contributed by atoms with E-state index < -0.39 is 25.0 Å². The number of anilines is 1. The molecule has 0 aromatic heterocycles. The first kappa shape index (κ1) is 25.5. The minimum atomic E-state index is -4.76. The molecule has 0 aliphatic rings.